The van der Waals surface area contributed by atoms with Crippen molar-refractivity contribution in [3.8, 4) is 0 Å². The second-order valence-electron chi connectivity index (χ2n) is 5.18. The Balaban J connectivity index is 2.07. The molecule has 0 saturated carbocycles. The molecular weight excluding hydrogens is 306 g/mol. The Labute approximate surface area is 123 Å². The molecule has 1 N–H and O–H groups in total. The minimum atomic E-state index is 0.0226. The summed E-state index contributed by atoms with van der Waals surface area (Å²) >= 11 is 3.57. The maximum atomic E-state index is 12.4. The molecule has 1 saturated heterocycles. The normalized spacial score (nSPS) is 20.3. The van der Waals surface area contributed by atoms with Gasteiger partial charge in [0.15, 0.2) is 5.78 Å². The van der Waals surface area contributed by atoms with E-state index < -0.39 is 0 Å². The Bertz CT molecular complexity index is 448. The Kier molecular flexibility index (Phi) is 5.16. The van der Waals surface area contributed by atoms with Gasteiger partial charge in [0.25, 0.3) is 0 Å². The second kappa shape index (κ2) is 6.66. The van der Waals surface area contributed by atoms with Gasteiger partial charge in [0.05, 0.1) is 28.3 Å². The van der Waals surface area contributed by atoms with Crippen LogP contribution in [0.3, 0.4) is 0 Å². The zero-order valence-corrected chi connectivity index (χ0v) is 13.3. The third-order valence-electron chi connectivity index (χ3n) is 3.79. The predicted molar refractivity (Wildman–Crippen MR) is 79.3 cm³/mol. The van der Waals surface area contributed by atoms with Gasteiger partial charge in [0, 0.05) is 7.05 Å². The highest BCUT2D eigenvalue weighted by molar-refractivity contribution is 9.10. The first kappa shape index (κ1) is 14.7. The van der Waals surface area contributed by atoms with Gasteiger partial charge in [-0.05, 0) is 41.7 Å². The molecule has 1 unspecified atom stereocenters. The molecule has 1 atom stereocenters. The summed E-state index contributed by atoms with van der Waals surface area (Å²) in [6.07, 6.45) is 5.86. The third-order valence-corrected chi connectivity index (χ3v) is 4.71. The van der Waals surface area contributed by atoms with Crippen LogP contribution >= 0.6 is 15.9 Å². The van der Waals surface area contributed by atoms with Crippen molar-refractivity contribution in [1.29, 1.82) is 0 Å². The van der Waals surface area contributed by atoms with Crippen LogP contribution in [0.15, 0.2) is 4.47 Å². The quantitative estimate of drug-likeness (QED) is 0.923. The number of halogens is 1. The fourth-order valence-electron chi connectivity index (χ4n) is 2.60. The van der Waals surface area contributed by atoms with E-state index in [1.54, 1.807) is 0 Å². The summed E-state index contributed by atoms with van der Waals surface area (Å²) in [7, 11) is 1.91. The maximum absolute atomic E-state index is 12.4. The highest BCUT2D eigenvalue weighted by Crippen LogP contribution is 2.23. The van der Waals surface area contributed by atoms with Gasteiger partial charge in [-0.3, -0.25) is 9.48 Å². The van der Waals surface area contributed by atoms with Crippen molar-refractivity contribution >= 4 is 21.7 Å². The van der Waals surface area contributed by atoms with Crippen LogP contribution in [-0.2, 0) is 24.7 Å². The largest absolute Gasteiger partial charge is 0.307 e. The van der Waals surface area contributed by atoms with Gasteiger partial charge in [0.2, 0.25) is 0 Å². The molecule has 0 spiro atoms. The van der Waals surface area contributed by atoms with Gasteiger partial charge in [-0.2, -0.15) is 5.10 Å². The first-order valence-electron chi connectivity index (χ1n) is 7.09. The fourth-order valence-corrected chi connectivity index (χ4v) is 3.36. The summed E-state index contributed by atoms with van der Waals surface area (Å²) in [6, 6.07) is 0.0226. The van der Waals surface area contributed by atoms with Crippen LogP contribution in [0.5, 0.6) is 0 Å². The molecule has 2 rings (SSSR count). The van der Waals surface area contributed by atoms with Crippen LogP contribution in [0.25, 0.3) is 0 Å². The Morgan fingerprint density at radius 3 is 2.95 bits per heavy atom. The molecule has 0 aromatic carbocycles. The fraction of sp³-hybridized carbons (Fsp3) is 0.714. The number of nitrogens with zero attached hydrogens (tertiary/aromatic N) is 2. The molecule has 0 aliphatic carbocycles. The highest BCUT2D eigenvalue weighted by Gasteiger charge is 2.23. The number of ketones is 1. The lowest BCUT2D eigenvalue weighted by Gasteiger charge is -2.14. The van der Waals surface area contributed by atoms with Crippen molar-refractivity contribution < 1.29 is 4.79 Å². The standard InChI is InChI=1S/C14H22BrN3O/c1-3-10-14(15)12(18(2)17-10)9-13(19)11-7-5-4-6-8-16-11/h11,16H,3-9H2,1-2H3. The highest BCUT2D eigenvalue weighted by atomic mass is 79.9. The van der Waals surface area contributed by atoms with Crippen molar-refractivity contribution in [3.05, 3.63) is 15.9 Å². The zero-order chi connectivity index (χ0) is 13.8. The van der Waals surface area contributed by atoms with Gasteiger partial charge in [-0.1, -0.05) is 19.8 Å². The molecule has 4 nitrogen and oxygen atoms in total. The number of aryl methyl sites for hydroxylation is 2. The molecule has 0 bridgehead atoms. The molecular formula is C14H22BrN3O. The molecule has 1 aromatic rings. The second-order valence-corrected chi connectivity index (χ2v) is 5.98. The summed E-state index contributed by atoms with van der Waals surface area (Å²) in [4.78, 5) is 12.4. The summed E-state index contributed by atoms with van der Waals surface area (Å²) in [6.45, 7) is 3.04. The van der Waals surface area contributed by atoms with Gasteiger partial charge in [0.1, 0.15) is 0 Å². The van der Waals surface area contributed by atoms with Gasteiger partial charge < -0.3 is 5.32 Å². The first-order valence-corrected chi connectivity index (χ1v) is 7.89. The van der Waals surface area contributed by atoms with Gasteiger partial charge in [-0.25, -0.2) is 0 Å². The van der Waals surface area contributed by atoms with E-state index in [0.29, 0.717) is 6.42 Å². The Morgan fingerprint density at radius 2 is 2.26 bits per heavy atom. The number of Topliss-reactive ketones (excluding diaryl/α,β-unsaturated/α-hetero) is 1. The summed E-state index contributed by atoms with van der Waals surface area (Å²) < 4.78 is 2.83. The molecule has 5 heteroatoms. The lowest BCUT2D eigenvalue weighted by Crippen LogP contribution is -2.37. The number of hydrogen-bond acceptors (Lipinski definition) is 3. The van der Waals surface area contributed by atoms with Crippen LogP contribution < -0.4 is 5.32 Å². The number of rotatable bonds is 4. The number of hydrogen-bond donors (Lipinski definition) is 1. The van der Waals surface area contributed by atoms with Crippen LogP contribution in [-0.4, -0.2) is 28.2 Å². The number of carbonyl (C=O) groups is 1. The lowest BCUT2D eigenvalue weighted by atomic mass is 10.0. The van der Waals surface area contributed by atoms with E-state index in [4.69, 9.17) is 0 Å². The average Bonchev–Trinajstić information content (AvgIpc) is 2.64. The third kappa shape index (κ3) is 3.45. The Morgan fingerprint density at radius 1 is 1.47 bits per heavy atom. The Hall–Kier alpha value is -0.680. The van der Waals surface area contributed by atoms with Crippen LogP contribution in [0, 0.1) is 0 Å². The van der Waals surface area contributed by atoms with Gasteiger partial charge >= 0.3 is 0 Å². The summed E-state index contributed by atoms with van der Waals surface area (Å²) in [5.74, 6) is 0.285. The van der Waals surface area contributed by atoms with Crippen LogP contribution in [0.1, 0.15) is 44.0 Å². The van der Waals surface area contributed by atoms with Gasteiger partial charge in [-0.15, -0.1) is 0 Å². The van der Waals surface area contributed by atoms with Crippen molar-refractivity contribution in [2.75, 3.05) is 6.54 Å². The molecule has 0 amide bonds. The van der Waals surface area contributed by atoms with E-state index in [1.165, 1.54) is 12.8 Å². The minimum absolute atomic E-state index is 0.0226. The predicted octanol–water partition coefficient (Wildman–Crippen LogP) is 2.39. The molecule has 19 heavy (non-hydrogen) atoms. The summed E-state index contributed by atoms with van der Waals surface area (Å²) in [5.41, 5.74) is 2.02. The molecule has 0 radical (unpaired) electrons. The molecule has 1 aliphatic rings. The number of carbonyl (C=O) groups excluding carboxylic acids is 1. The smallest absolute Gasteiger partial charge is 0.155 e. The van der Waals surface area contributed by atoms with E-state index in [2.05, 4.69) is 33.3 Å². The molecule has 1 aromatic heterocycles. The monoisotopic (exact) mass is 327 g/mol. The molecule has 2 heterocycles. The maximum Gasteiger partial charge on any atom is 0.155 e. The number of nitrogens with one attached hydrogen (secondary N) is 1. The summed E-state index contributed by atoms with van der Waals surface area (Å²) in [5, 5.41) is 7.81. The topological polar surface area (TPSA) is 46.9 Å². The van der Waals surface area contributed by atoms with Crippen molar-refractivity contribution in [2.45, 2.75) is 51.5 Å². The molecule has 1 fully saturated rings. The SMILES string of the molecule is CCc1nn(C)c(CC(=O)C2CCCCCN2)c1Br. The van der Waals surface area contributed by atoms with E-state index in [9.17, 15) is 4.79 Å². The molecule has 106 valence electrons. The minimum Gasteiger partial charge on any atom is -0.307 e. The molecule has 1 aliphatic heterocycles. The van der Waals surface area contributed by atoms with E-state index in [1.807, 2.05) is 11.7 Å². The lowest BCUT2D eigenvalue weighted by molar-refractivity contribution is -0.120. The van der Waals surface area contributed by atoms with E-state index in [-0.39, 0.29) is 11.8 Å². The van der Waals surface area contributed by atoms with Crippen LogP contribution in [0.4, 0.5) is 0 Å². The van der Waals surface area contributed by atoms with Crippen molar-refractivity contribution in [1.82, 2.24) is 15.1 Å². The van der Waals surface area contributed by atoms with Crippen molar-refractivity contribution in [2.24, 2.45) is 7.05 Å². The van der Waals surface area contributed by atoms with E-state index >= 15 is 0 Å². The zero-order valence-electron chi connectivity index (χ0n) is 11.7. The van der Waals surface area contributed by atoms with Crippen LogP contribution in [0.2, 0.25) is 0 Å². The van der Waals surface area contributed by atoms with Crippen molar-refractivity contribution in [3.63, 3.8) is 0 Å². The first-order chi connectivity index (χ1) is 9.13. The van der Waals surface area contributed by atoms with E-state index in [0.717, 1.165) is 41.7 Å². The average molecular weight is 328 g/mol. The number of aromatic nitrogens is 2.